The fourth-order valence-corrected chi connectivity index (χ4v) is 3.09. The number of hydrogen-bond donors (Lipinski definition) is 0. The molecule has 0 atom stereocenters. The van der Waals surface area contributed by atoms with E-state index in [1.807, 2.05) is 30.3 Å². The maximum Gasteiger partial charge on any atom is 0.119 e. The molecule has 0 aliphatic carbocycles. The zero-order valence-corrected chi connectivity index (χ0v) is 14.2. The van der Waals surface area contributed by atoms with E-state index in [0.717, 1.165) is 49.2 Å². The summed E-state index contributed by atoms with van der Waals surface area (Å²) in [5.74, 6) is 0.809. The molecule has 124 valence electrons. The van der Waals surface area contributed by atoms with Gasteiger partial charge in [0.25, 0.3) is 0 Å². The Balaban J connectivity index is 1.42. The molecule has 1 aliphatic rings. The van der Waals surface area contributed by atoms with Gasteiger partial charge in [0.1, 0.15) is 12.4 Å². The average molecular weight is 342 g/mol. The first-order valence-electron chi connectivity index (χ1n) is 8.11. The molecule has 5 heteroatoms. The molecule has 1 saturated heterocycles. The minimum absolute atomic E-state index is 0.651. The van der Waals surface area contributed by atoms with Crippen molar-refractivity contribution in [2.45, 2.75) is 0 Å². The molecule has 0 aromatic heterocycles. The van der Waals surface area contributed by atoms with Gasteiger partial charge in [-0.1, -0.05) is 23.7 Å². The van der Waals surface area contributed by atoms with Crippen molar-refractivity contribution in [2.75, 3.05) is 44.2 Å². The molecule has 24 heavy (non-hydrogen) atoms. The molecular weight excluding hydrogens is 322 g/mol. The van der Waals surface area contributed by atoms with Crippen molar-refractivity contribution in [1.29, 1.82) is 5.26 Å². The Morgan fingerprint density at radius 1 is 1.00 bits per heavy atom. The average Bonchev–Trinajstić information content (AvgIpc) is 2.63. The fraction of sp³-hybridized carbons (Fsp3) is 0.316. The lowest BCUT2D eigenvalue weighted by molar-refractivity contribution is 0.200. The van der Waals surface area contributed by atoms with Crippen molar-refractivity contribution in [1.82, 2.24) is 4.90 Å². The van der Waals surface area contributed by atoms with Crippen molar-refractivity contribution in [3.8, 4) is 11.8 Å². The maximum absolute atomic E-state index is 8.79. The molecule has 1 aliphatic heterocycles. The third-order valence-corrected chi connectivity index (χ3v) is 4.54. The molecule has 0 amide bonds. The van der Waals surface area contributed by atoms with Gasteiger partial charge in [-0.25, -0.2) is 0 Å². The minimum Gasteiger partial charge on any atom is -0.492 e. The van der Waals surface area contributed by atoms with Crippen LogP contribution in [0.4, 0.5) is 5.69 Å². The summed E-state index contributed by atoms with van der Waals surface area (Å²) < 4.78 is 5.75. The van der Waals surface area contributed by atoms with E-state index in [1.165, 1.54) is 0 Å². The summed E-state index contributed by atoms with van der Waals surface area (Å²) in [5.41, 5.74) is 1.77. The number of piperazine rings is 1. The highest BCUT2D eigenvalue weighted by molar-refractivity contribution is 6.33. The van der Waals surface area contributed by atoms with Crippen LogP contribution in [0.5, 0.6) is 5.75 Å². The number of nitrogens with zero attached hydrogens (tertiary/aromatic N) is 3. The lowest BCUT2D eigenvalue weighted by Crippen LogP contribution is -2.47. The molecule has 0 bridgehead atoms. The molecule has 0 N–H and O–H groups in total. The molecule has 4 nitrogen and oxygen atoms in total. The summed E-state index contributed by atoms with van der Waals surface area (Å²) in [4.78, 5) is 4.73. The lowest BCUT2D eigenvalue weighted by atomic mass is 10.2. The number of para-hydroxylation sites is 1. The Labute approximate surface area is 147 Å². The van der Waals surface area contributed by atoms with Gasteiger partial charge in [0.05, 0.1) is 22.3 Å². The number of hydrogen-bond acceptors (Lipinski definition) is 4. The van der Waals surface area contributed by atoms with Crippen LogP contribution in [-0.2, 0) is 0 Å². The normalized spacial score (nSPS) is 15.1. The topological polar surface area (TPSA) is 39.5 Å². The van der Waals surface area contributed by atoms with E-state index < -0.39 is 0 Å². The summed E-state index contributed by atoms with van der Waals surface area (Å²) in [6, 6.07) is 17.3. The van der Waals surface area contributed by atoms with Gasteiger partial charge >= 0.3 is 0 Å². The van der Waals surface area contributed by atoms with Crippen LogP contribution in [0.1, 0.15) is 5.56 Å². The predicted molar refractivity (Wildman–Crippen MR) is 96.8 cm³/mol. The predicted octanol–water partition coefficient (Wildman–Crippen LogP) is 3.41. The molecule has 2 aromatic rings. The van der Waals surface area contributed by atoms with E-state index in [9.17, 15) is 0 Å². The second-order valence-electron chi connectivity index (χ2n) is 5.76. The molecular formula is C19H20ClN3O. The lowest BCUT2D eigenvalue weighted by Gasteiger charge is -2.36. The van der Waals surface area contributed by atoms with Gasteiger partial charge in [-0.15, -0.1) is 0 Å². The number of anilines is 1. The van der Waals surface area contributed by atoms with Gasteiger partial charge < -0.3 is 9.64 Å². The summed E-state index contributed by atoms with van der Waals surface area (Å²) in [6.07, 6.45) is 0. The Morgan fingerprint density at radius 2 is 1.71 bits per heavy atom. The van der Waals surface area contributed by atoms with Gasteiger partial charge in [0, 0.05) is 32.7 Å². The zero-order valence-electron chi connectivity index (χ0n) is 13.5. The minimum atomic E-state index is 0.651. The Morgan fingerprint density at radius 3 is 2.38 bits per heavy atom. The summed E-state index contributed by atoms with van der Waals surface area (Å²) >= 11 is 6.27. The molecule has 1 fully saturated rings. The van der Waals surface area contributed by atoms with Crippen LogP contribution in [0.15, 0.2) is 48.5 Å². The van der Waals surface area contributed by atoms with Crippen molar-refractivity contribution in [3.05, 3.63) is 59.1 Å². The molecule has 0 radical (unpaired) electrons. The van der Waals surface area contributed by atoms with Crippen molar-refractivity contribution < 1.29 is 4.74 Å². The van der Waals surface area contributed by atoms with E-state index in [1.54, 1.807) is 12.1 Å². The highest BCUT2D eigenvalue weighted by Crippen LogP contribution is 2.25. The van der Waals surface area contributed by atoms with Gasteiger partial charge in [-0.05, 0) is 36.4 Å². The zero-order chi connectivity index (χ0) is 16.8. The van der Waals surface area contributed by atoms with Crippen molar-refractivity contribution >= 4 is 17.3 Å². The van der Waals surface area contributed by atoms with Gasteiger partial charge in [-0.2, -0.15) is 5.26 Å². The number of ether oxygens (including phenoxy) is 1. The molecule has 1 heterocycles. The van der Waals surface area contributed by atoms with Crippen LogP contribution in [0.2, 0.25) is 5.02 Å². The summed E-state index contributed by atoms with van der Waals surface area (Å²) in [7, 11) is 0. The molecule has 2 aromatic carbocycles. The maximum atomic E-state index is 8.79. The highest BCUT2D eigenvalue weighted by Gasteiger charge is 2.18. The molecule has 0 spiro atoms. The fourth-order valence-electron chi connectivity index (χ4n) is 2.84. The molecule has 0 unspecified atom stereocenters. The quantitative estimate of drug-likeness (QED) is 0.835. The van der Waals surface area contributed by atoms with Crippen LogP contribution < -0.4 is 9.64 Å². The van der Waals surface area contributed by atoms with Crippen LogP contribution in [0.25, 0.3) is 0 Å². The first kappa shape index (κ1) is 16.6. The van der Waals surface area contributed by atoms with E-state index in [2.05, 4.69) is 21.9 Å². The van der Waals surface area contributed by atoms with E-state index >= 15 is 0 Å². The van der Waals surface area contributed by atoms with E-state index in [0.29, 0.717) is 12.2 Å². The molecule has 0 saturated carbocycles. The molecule has 3 rings (SSSR count). The number of benzene rings is 2. The third-order valence-electron chi connectivity index (χ3n) is 4.23. The Kier molecular flexibility index (Phi) is 5.58. The van der Waals surface area contributed by atoms with Crippen LogP contribution in [-0.4, -0.2) is 44.2 Å². The largest absolute Gasteiger partial charge is 0.492 e. The first-order chi connectivity index (χ1) is 11.8. The van der Waals surface area contributed by atoms with Crippen molar-refractivity contribution in [2.24, 2.45) is 0 Å². The number of nitriles is 1. The van der Waals surface area contributed by atoms with Gasteiger partial charge in [-0.3, -0.25) is 4.90 Å². The first-order valence-corrected chi connectivity index (χ1v) is 8.49. The van der Waals surface area contributed by atoms with E-state index in [-0.39, 0.29) is 0 Å². The van der Waals surface area contributed by atoms with Gasteiger partial charge in [0.15, 0.2) is 0 Å². The number of halogens is 1. The van der Waals surface area contributed by atoms with Crippen LogP contribution >= 0.6 is 11.6 Å². The SMILES string of the molecule is N#Cc1ccc(OCCN2CCN(c3ccccc3Cl)CC2)cc1. The summed E-state index contributed by atoms with van der Waals surface area (Å²) in [6.45, 7) is 5.50. The standard InChI is InChI=1S/C19H20ClN3O/c20-18-3-1-2-4-19(18)23-11-9-22(10-12-23)13-14-24-17-7-5-16(15-21)6-8-17/h1-8H,9-14H2. The Hall–Kier alpha value is -2.22. The van der Waals surface area contributed by atoms with Crippen LogP contribution in [0, 0.1) is 11.3 Å². The van der Waals surface area contributed by atoms with E-state index in [4.69, 9.17) is 21.6 Å². The number of rotatable bonds is 5. The smallest absolute Gasteiger partial charge is 0.119 e. The monoisotopic (exact) mass is 341 g/mol. The Bertz CT molecular complexity index is 703. The summed E-state index contributed by atoms with van der Waals surface area (Å²) in [5, 5.41) is 9.60. The highest BCUT2D eigenvalue weighted by atomic mass is 35.5. The second-order valence-corrected chi connectivity index (χ2v) is 6.17. The van der Waals surface area contributed by atoms with Gasteiger partial charge in [0.2, 0.25) is 0 Å². The van der Waals surface area contributed by atoms with Crippen LogP contribution in [0.3, 0.4) is 0 Å². The van der Waals surface area contributed by atoms with Crippen molar-refractivity contribution in [3.63, 3.8) is 0 Å². The second kappa shape index (κ2) is 8.05. The third kappa shape index (κ3) is 4.19.